The Hall–Kier alpha value is -3.04. The van der Waals surface area contributed by atoms with E-state index < -0.39 is 10.0 Å². The number of hydrogen-bond acceptors (Lipinski definition) is 6. The minimum atomic E-state index is -3.49. The Balaban J connectivity index is 1.37. The first-order chi connectivity index (χ1) is 15.0. The second kappa shape index (κ2) is 9.40. The third-order valence-corrected chi connectivity index (χ3v) is 6.88. The van der Waals surface area contributed by atoms with Crippen LogP contribution in [0.5, 0.6) is 11.6 Å². The van der Waals surface area contributed by atoms with Crippen molar-refractivity contribution in [2.75, 3.05) is 18.4 Å². The highest BCUT2D eigenvalue weighted by Crippen LogP contribution is 2.22. The molecular formula is C22H23FN4O3S. The second-order valence-corrected chi connectivity index (χ2v) is 9.19. The minimum absolute atomic E-state index is 0.207. The molecule has 0 radical (unpaired) electrons. The molecule has 4 rings (SSSR count). The predicted octanol–water partition coefficient (Wildman–Crippen LogP) is 4.19. The summed E-state index contributed by atoms with van der Waals surface area (Å²) < 4.78 is 45.6. The molecule has 31 heavy (non-hydrogen) atoms. The van der Waals surface area contributed by atoms with Gasteiger partial charge in [0, 0.05) is 38.1 Å². The smallest absolute Gasteiger partial charge is 0.244 e. The van der Waals surface area contributed by atoms with Crippen molar-refractivity contribution < 1.29 is 17.5 Å². The molecule has 0 amide bonds. The van der Waals surface area contributed by atoms with Gasteiger partial charge in [0.05, 0.1) is 0 Å². The summed E-state index contributed by atoms with van der Waals surface area (Å²) in [5, 5.41) is 3.17. The number of rotatable bonds is 7. The molecule has 3 heterocycles. The molecule has 1 aliphatic heterocycles. The van der Waals surface area contributed by atoms with Crippen LogP contribution in [0.3, 0.4) is 0 Å². The molecule has 0 saturated carbocycles. The van der Waals surface area contributed by atoms with Gasteiger partial charge in [0.1, 0.15) is 22.3 Å². The molecule has 1 N–H and O–H groups in total. The van der Waals surface area contributed by atoms with Gasteiger partial charge in [-0.25, -0.2) is 22.8 Å². The topological polar surface area (TPSA) is 84.4 Å². The molecule has 2 aromatic heterocycles. The highest BCUT2D eigenvalue weighted by molar-refractivity contribution is 7.89. The number of halogens is 1. The van der Waals surface area contributed by atoms with Crippen LogP contribution >= 0.6 is 0 Å². The maximum atomic E-state index is 13.0. The van der Waals surface area contributed by atoms with Gasteiger partial charge in [-0.2, -0.15) is 4.31 Å². The van der Waals surface area contributed by atoms with E-state index >= 15 is 0 Å². The molecule has 0 aliphatic carbocycles. The summed E-state index contributed by atoms with van der Waals surface area (Å²) in [4.78, 5) is 8.63. The zero-order valence-electron chi connectivity index (χ0n) is 16.9. The fourth-order valence-electron chi connectivity index (χ4n) is 3.32. The van der Waals surface area contributed by atoms with E-state index in [9.17, 15) is 12.8 Å². The molecule has 0 unspecified atom stereocenters. The number of nitrogens with one attached hydrogen (secondary N) is 1. The highest BCUT2D eigenvalue weighted by Gasteiger charge is 2.26. The number of anilines is 1. The predicted molar refractivity (Wildman–Crippen MR) is 115 cm³/mol. The van der Waals surface area contributed by atoms with Crippen LogP contribution in [0.1, 0.15) is 24.8 Å². The van der Waals surface area contributed by atoms with Crippen molar-refractivity contribution in [1.29, 1.82) is 0 Å². The first-order valence-electron chi connectivity index (χ1n) is 10.1. The molecule has 162 valence electrons. The molecule has 3 aromatic rings. The number of ether oxygens (including phenoxy) is 1. The van der Waals surface area contributed by atoms with E-state index in [4.69, 9.17) is 4.74 Å². The van der Waals surface area contributed by atoms with Gasteiger partial charge in [0.25, 0.3) is 0 Å². The van der Waals surface area contributed by atoms with E-state index in [0.717, 1.165) is 24.8 Å². The van der Waals surface area contributed by atoms with Crippen molar-refractivity contribution in [2.24, 2.45) is 0 Å². The Bertz CT molecular complexity index is 1120. The maximum absolute atomic E-state index is 13.0. The van der Waals surface area contributed by atoms with Crippen LogP contribution in [0.4, 0.5) is 10.2 Å². The van der Waals surface area contributed by atoms with Gasteiger partial charge < -0.3 is 10.1 Å². The molecule has 1 saturated heterocycles. The van der Waals surface area contributed by atoms with E-state index in [2.05, 4.69) is 15.3 Å². The lowest BCUT2D eigenvalue weighted by Gasteiger charge is -2.25. The van der Waals surface area contributed by atoms with Gasteiger partial charge in [0.15, 0.2) is 0 Å². The summed E-state index contributed by atoms with van der Waals surface area (Å²) in [6.07, 6.45) is 5.87. The first kappa shape index (κ1) is 21.2. The average molecular weight is 443 g/mol. The third-order valence-electron chi connectivity index (χ3n) is 5.00. The summed E-state index contributed by atoms with van der Waals surface area (Å²) in [6.45, 7) is 1.58. The Morgan fingerprint density at radius 1 is 1.00 bits per heavy atom. The lowest BCUT2D eigenvalue weighted by molar-refractivity contribution is 0.346. The van der Waals surface area contributed by atoms with Crippen molar-refractivity contribution in [3.63, 3.8) is 0 Å². The van der Waals surface area contributed by atoms with Gasteiger partial charge in [-0.15, -0.1) is 0 Å². The van der Waals surface area contributed by atoms with Crippen LogP contribution in [0, 0.1) is 5.82 Å². The molecule has 0 spiro atoms. The summed E-state index contributed by atoms with van der Waals surface area (Å²) in [6, 6.07) is 12.5. The van der Waals surface area contributed by atoms with Gasteiger partial charge in [0.2, 0.25) is 15.9 Å². The number of hydrogen-bond donors (Lipinski definition) is 1. The summed E-state index contributed by atoms with van der Waals surface area (Å²) in [5.41, 5.74) is 0.902. The van der Waals surface area contributed by atoms with Gasteiger partial charge in [-0.05, 0) is 60.9 Å². The summed E-state index contributed by atoms with van der Waals surface area (Å²) >= 11 is 0. The number of aromatic nitrogens is 2. The molecule has 0 bridgehead atoms. The minimum Gasteiger partial charge on any atom is -0.439 e. The number of benzene rings is 1. The molecule has 1 aliphatic rings. The zero-order valence-corrected chi connectivity index (χ0v) is 17.7. The first-order valence-corrected chi connectivity index (χ1v) is 11.5. The van der Waals surface area contributed by atoms with Gasteiger partial charge in [-0.1, -0.05) is 6.42 Å². The lowest BCUT2D eigenvalue weighted by Crippen LogP contribution is -2.35. The largest absolute Gasteiger partial charge is 0.439 e. The molecule has 0 atom stereocenters. The van der Waals surface area contributed by atoms with Crippen LogP contribution in [0.2, 0.25) is 0 Å². The molecular weight excluding hydrogens is 419 g/mol. The number of pyridine rings is 2. The van der Waals surface area contributed by atoms with Crippen molar-refractivity contribution >= 4 is 15.8 Å². The Morgan fingerprint density at radius 2 is 1.77 bits per heavy atom. The van der Waals surface area contributed by atoms with E-state index in [1.807, 2.05) is 6.07 Å². The zero-order chi connectivity index (χ0) is 21.7. The van der Waals surface area contributed by atoms with Crippen LogP contribution in [-0.2, 0) is 16.6 Å². The maximum Gasteiger partial charge on any atom is 0.244 e. The van der Waals surface area contributed by atoms with Gasteiger partial charge >= 0.3 is 0 Å². The van der Waals surface area contributed by atoms with Crippen molar-refractivity contribution in [2.45, 2.75) is 30.7 Å². The third kappa shape index (κ3) is 5.36. The average Bonchev–Trinajstić information content (AvgIpc) is 2.80. The SMILES string of the molecule is O=S(=O)(c1ccc(NCc2ccnc(Oc3ccc(F)cc3)c2)nc1)N1CCCCC1. The Morgan fingerprint density at radius 3 is 2.48 bits per heavy atom. The fourth-order valence-corrected chi connectivity index (χ4v) is 4.79. The number of sulfonamides is 1. The number of nitrogens with zero attached hydrogens (tertiary/aromatic N) is 3. The van der Waals surface area contributed by atoms with E-state index in [0.29, 0.717) is 37.1 Å². The Kier molecular flexibility index (Phi) is 6.43. The monoisotopic (exact) mass is 442 g/mol. The molecule has 1 aromatic carbocycles. The summed E-state index contributed by atoms with van der Waals surface area (Å²) in [7, 11) is -3.49. The van der Waals surface area contributed by atoms with Crippen LogP contribution < -0.4 is 10.1 Å². The lowest BCUT2D eigenvalue weighted by atomic mass is 10.2. The van der Waals surface area contributed by atoms with Crippen molar-refractivity contribution in [1.82, 2.24) is 14.3 Å². The summed E-state index contributed by atoms with van der Waals surface area (Å²) in [5.74, 6) is 1.11. The fraction of sp³-hybridized carbons (Fsp3) is 0.273. The van der Waals surface area contributed by atoms with Crippen LogP contribution in [-0.4, -0.2) is 35.8 Å². The van der Waals surface area contributed by atoms with Crippen LogP contribution in [0.15, 0.2) is 65.8 Å². The molecule has 1 fully saturated rings. The Labute approximate surface area is 181 Å². The number of piperidine rings is 1. The molecule has 7 nitrogen and oxygen atoms in total. The highest BCUT2D eigenvalue weighted by atomic mass is 32.2. The van der Waals surface area contributed by atoms with Crippen LogP contribution in [0.25, 0.3) is 0 Å². The van der Waals surface area contributed by atoms with E-state index in [-0.39, 0.29) is 10.7 Å². The quantitative estimate of drug-likeness (QED) is 0.591. The van der Waals surface area contributed by atoms with Gasteiger partial charge in [-0.3, -0.25) is 0 Å². The van der Waals surface area contributed by atoms with Crippen molar-refractivity contribution in [3.8, 4) is 11.6 Å². The normalized spacial score (nSPS) is 14.9. The van der Waals surface area contributed by atoms with E-state index in [1.54, 1.807) is 24.4 Å². The second-order valence-electron chi connectivity index (χ2n) is 7.26. The standard InChI is InChI=1S/C22H23FN4O3S/c23-18-4-6-19(7-5-18)30-22-14-17(10-11-24-22)15-25-21-9-8-20(16-26-21)31(28,29)27-12-2-1-3-13-27/h4-11,14,16H,1-3,12-13,15H2,(H,25,26). The van der Waals surface area contributed by atoms with E-state index in [1.165, 1.54) is 34.8 Å². The van der Waals surface area contributed by atoms with Crippen molar-refractivity contribution in [3.05, 3.63) is 72.3 Å². The molecule has 9 heteroatoms.